The summed E-state index contributed by atoms with van der Waals surface area (Å²) in [5.41, 5.74) is 0. The Hall–Kier alpha value is -3.93. The molecule has 0 aromatic rings. The van der Waals surface area contributed by atoms with Crippen LogP contribution in [-0.4, -0.2) is 37.2 Å². The quantitative estimate of drug-likeness (QED) is 0.0261. The molecule has 6 heteroatoms. The lowest BCUT2D eigenvalue weighted by Crippen LogP contribution is -2.30. The van der Waals surface area contributed by atoms with Crippen LogP contribution < -0.4 is 0 Å². The fourth-order valence-electron chi connectivity index (χ4n) is 8.54. The maximum atomic E-state index is 12.9. The van der Waals surface area contributed by atoms with Crippen LogP contribution in [-0.2, 0) is 28.6 Å². The smallest absolute Gasteiger partial charge is 0.306 e. The monoisotopic (exact) mass is 1040 g/mol. The number of ether oxygens (including phenoxy) is 3. The highest BCUT2D eigenvalue weighted by Gasteiger charge is 2.19. The van der Waals surface area contributed by atoms with Gasteiger partial charge in [0.25, 0.3) is 0 Å². The van der Waals surface area contributed by atoms with Gasteiger partial charge in [-0.1, -0.05) is 259 Å². The zero-order valence-electron chi connectivity index (χ0n) is 49.0. The minimum Gasteiger partial charge on any atom is -0.462 e. The number of hydrogen-bond donors (Lipinski definition) is 0. The van der Waals surface area contributed by atoms with E-state index in [1.165, 1.54) is 109 Å². The number of hydrogen-bond acceptors (Lipinski definition) is 6. The Morgan fingerprint density at radius 1 is 0.280 bits per heavy atom. The number of unbranched alkanes of at least 4 members (excludes halogenated alkanes) is 27. The molecule has 0 spiro atoms. The third kappa shape index (κ3) is 60.8. The number of rotatable bonds is 56. The molecule has 0 saturated carbocycles. The Balaban J connectivity index is 4.29. The van der Waals surface area contributed by atoms with Crippen molar-refractivity contribution >= 4 is 17.9 Å². The first-order valence-corrected chi connectivity index (χ1v) is 31.4. The van der Waals surface area contributed by atoms with E-state index >= 15 is 0 Å². The molecule has 0 saturated heterocycles. The summed E-state index contributed by atoms with van der Waals surface area (Å²) in [6.07, 6.45) is 85.2. The largest absolute Gasteiger partial charge is 0.462 e. The average Bonchev–Trinajstić information content (AvgIpc) is 3.41. The van der Waals surface area contributed by atoms with Crippen molar-refractivity contribution in [3.05, 3.63) is 109 Å². The second kappa shape index (κ2) is 62.6. The Bertz CT molecular complexity index is 1520. The maximum Gasteiger partial charge on any atom is 0.306 e. The highest BCUT2D eigenvalue weighted by atomic mass is 16.6. The summed E-state index contributed by atoms with van der Waals surface area (Å²) < 4.78 is 16.9. The van der Waals surface area contributed by atoms with Gasteiger partial charge in [0.1, 0.15) is 13.2 Å². The topological polar surface area (TPSA) is 78.9 Å². The van der Waals surface area contributed by atoms with Crippen molar-refractivity contribution in [1.29, 1.82) is 0 Å². The Morgan fingerprint density at radius 3 is 0.880 bits per heavy atom. The maximum absolute atomic E-state index is 12.9. The van der Waals surface area contributed by atoms with Gasteiger partial charge in [-0.05, 0) is 122 Å². The first-order valence-electron chi connectivity index (χ1n) is 31.4. The summed E-state index contributed by atoms with van der Waals surface area (Å²) in [6.45, 7) is 6.45. The fourth-order valence-corrected chi connectivity index (χ4v) is 8.54. The van der Waals surface area contributed by atoms with E-state index in [1.54, 1.807) is 0 Å². The van der Waals surface area contributed by atoms with Crippen LogP contribution in [0.15, 0.2) is 109 Å². The van der Waals surface area contributed by atoms with Crippen LogP contribution in [0, 0.1) is 0 Å². The van der Waals surface area contributed by atoms with Gasteiger partial charge in [0.15, 0.2) is 6.10 Å². The molecular weight excluding hydrogens is 925 g/mol. The number of esters is 3. The van der Waals surface area contributed by atoms with E-state index in [1.807, 2.05) is 0 Å². The molecule has 0 aromatic heterocycles. The minimum atomic E-state index is -0.791. The van der Waals surface area contributed by atoms with Crippen LogP contribution in [0.5, 0.6) is 0 Å². The average molecular weight is 1040 g/mol. The van der Waals surface area contributed by atoms with Gasteiger partial charge >= 0.3 is 17.9 Å². The highest BCUT2D eigenvalue weighted by Crippen LogP contribution is 2.15. The summed E-state index contributed by atoms with van der Waals surface area (Å²) in [5, 5.41) is 0. The summed E-state index contributed by atoms with van der Waals surface area (Å²) in [6, 6.07) is 0. The summed E-state index contributed by atoms with van der Waals surface area (Å²) >= 11 is 0. The third-order valence-electron chi connectivity index (χ3n) is 13.2. The lowest BCUT2D eigenvalue weighted by molar-refractivity contribution is -0.167. The van der Waals surface area contributed by atoms with Gasteiger partial charge in [0, 0.05) is 19.3 Å². The molecule has 75 heavy (non-hydrogen) atoms. The van der Waals surface area contributed by atoms with E-state index in [9.17, 15) is 14.4 Å². The van der Waals surface area contributed by atoms with Crippen LogP contribution in [0.4, 0.5) is 0 Å². The molecule has 6 nitrogen and oxygen atoms in total. The molecule has 0 aliphatic carbocycles. The Kier molecular flexibility index (Phi) is 59.3. The van der Waals surface area contributed by atoms with E-state index in [0.717, 1.165) is 141 Å². The molecule has 1 atom stereocenters. The molecule has 0 bridgehead atoms. The molecule has 1 unspecified atom stereocenters. The lowest BCUT2D eigenvalue weighted by atomic mass is 10.1. The van der Waals surface area contributed by atoms with Crippen molar-refractivity contribution in [2.24, 2.45) is 0 Å². The van der Waals surface area contributed by atoms with E-state index in [0.29, 0.717) is 19.3 Å². The molecule has 0 aromatic carbocycles. The summed E-state index contributed by atoms with van der Waals surface area (Å²) in [5.74, 6) is -0.910. The standard InChI is InChI=1S/C69H116O6/c1-4-7-10-13-16-19-22-25-27-28-29-30-31-32-33-34-35-36-37-38-39-40-42-44-47-50-53-56-59-62-68(71)74-65-66(64-73-67(70)61-58-55-52-49-46-43-24-21-18-15-12-9-6-3)75-69(72)63-60-57-54-51-48-45-41-26-23-20-17-14-11-8-5-2/h7,10,12,15-16,19,21,24-27,29-30,32-33,35-36,41,66H,4-6,8-9,11,13-14,17-18,20,22-23,28,31,34,37-40,42-65H2,1-3H3/b10-7-,15-12-,19-16-,24-21-,27-25-,30-29-,33-32-,36-35-,41-26-. The predicted molar refractivity (Wildman–Crippen MR) is 325 cm³/mol. The van der Waals surface area contributed by atoms with Gasteiger partial charge in [0.05, 0.1) is 0 Å². The second-order valence-electron chi connectivity index (χ2n) is 20.6. The minimum absolute atomic E-state index is 0.0882. The van der Waals surface area contributed by atoms with Gasteiger partial charge in [0.2, 0.25) is 0 Å². The van der Waals surface area contributed by atoms with Crippen molar-refractivity contribution in [2.45, 2.75) is 297 Å². The zero-order chi connectivity index (χ0) is 54.3. The molecule has 428 valence electrons. The van der Waals surface area contributed by atoms with Crippen LogP contribution in [0.2, 0.25) is 0 Å². The van der Waals surface area contributed by atoms with E-state index < -0.39 is 6.10 Å². The number of carbonyl (C=O) groups is 3. The fraction of sp³-hybridized carbons (Fsp3) is 0.696. The van der Waals surface area contributed by atoms with Gasteiger partial charge in [-0.3, -0.25) is 14.4 Å². The van der Waals surface area contributed by atoms with Crippen molar-refractivity contribution in [3.8, 4) is 0 Å². The first kappa shape index (κ1) is 71.1. The van der Waals surface area contributed by atoms with Crippen molar-refractivity contribution < 1.29 is 28.6 Å². The normalized spacial score (nSPS) is 12.8. The van der Waals surface area contributed by atoms with Crippen LogP contribution >= 0.6 is 0 Å². The molecule has 0 radical (unpaired) electrons. The third-order valence-corrected chi connectivity index (χ3v) is 13.2. The molecular formula is C69H116O6. The van der Waals surface area contributed by atoms with Crippen LogP contribution in [0.1, 0.15) is 290 Å². The second-order valence-corrected chi connectivity index (χ2v) is 20.6. The molecule has 0 aliphatic heterocycles. The van der Waals surface area contributed by atoms with E-state index in [4.69, 9.17) is 14.2 Å². The van der Waals surface area contributed by atoms with Crippen LogP contribution in [0.3, 0.4) is 0 Å². The summed E-state index contributed by atoms with van der Waals surface area (Å²) in [4.78, 5) is 38.2. The first-order chi connectivity index (χ1) is 37.0. The predicted octanol–water partition coefficient (Wildman–Crippen LogP) is 21.4. The highest BCUT2D eigenvalue weighted by molar-refractivity contribution is 5.71. The Labute approximate surface area is 463 Å². The van der Waals surface area contributed by atoms with E-state index in [-0.39, 0.29) is 31.1 Å². The summed E-state index contributed by atoms with van der Waals surface area (Å²) in [7, 11) is 0. The molecule has 0 rings (SSSR count). The number of allylic oxidation sites excluding steroid dienone is 18. The molecule has 0 amide bonds. The van der Waals surface area contributed by atoms with Crippen molar-refractivity contribution in [2.75, 3.05) is 13.2 Å². The number of carbonyl (C=O) groups excluding carboxylic acids is 3. The zero-order valence-corrected chi connectivity index (χ0v) is 49.0. The van der Waals surface area contributed by atoms with Gasteiger partial charge in [-0.25, -0.2) is 0 Å². The van der Waals surface area contributed by atoms with Crippen molar-refractivity contribution in [1.82, 2.24) is 0 Å². The molecule has 0 N–H and O–H groups in total. The SMILES string of the molecule is CC/C=C\C/C=C\C/C=C\C/C=C\C/C=C\C/C=C\CCCCCCCCCCCCC(=O)OCC(COC(=O)CCCCCCC/C=C\C/C=C\CCC)OC(=O)CCCCCCC/C=C\CCCCCCCC. The lowest BCUT2D eigenvalue weighted by Gasteiger charge is -2.18. The Morgan fingerprint density at radius 2 is 0.547 bits per heavy atom. The van der Waals surface area contributed by atoms with Gasteiger partial charge in [-0.15, -0.1) is 0 Å². The van der Waals surface area contributed by atoms with Crippen molar-refractivity contribution in [3.63, 3.8) is 0 Å². The molecule has 0 fully saturated rings. The molecule has 0 heterocycles. The van der Waals surface area contributed by atoms with E-state index in [2.05, 4.69) is 130 Å². The molecule has 0 aliphatic rings. The van der Waals surface area contributed by atoms with Crippen LogP contribution in [0.25, 0.3) is 0 Å². The van der Waals surface area contributed by atoms with Gasteiger partial charge < -0.3 is 14.2 Å². The van der Waals surface area contributed by atoms with Gasteiger partial charge in [-0.2, -0.15) is 0 Å².